The Morgan fingerprint density at radius 1 is 1.23 bits per heavy atom. The number of alkyl halides is 4. The zero-order chi connectivity index (χ0) is 38.6. The highest BCUT2D eigenvalue weighted by molar-refractivity contribution is 6.04. The predicted octanol–water partition coefficient (Wildman–Crippen LogP) is 6.92. The van der Waals surface area contributed by atoms with Crippen LogP contribution in [0.25, 0.3) is 32.9 Å². The molecule has 0 radical (unpaired) electrons. The molecule has 53 heavy (non-hydrogen) atoms. The van der Waals surface area contributed by atoms with Crippen molar-refractivity contribution in [2.75, 3.05) is 44.1 Å². The van der Waals surface area contributed by atoms with Crippen LogP contribution in [0.15, 0.2) is 48.7 Å². The normalized spacial score (nSPS) is 17.1. The summed E-state index contributed by atoms with van der Waals surface area (Å²) in [6.45, 7) is 4.10. The minimum atomic E-state index is -5.13. The van der Waals surface area contributed by atoms with E-state index in [0.717, 1.165) is 42.3 Å². The number of nitriles is 1. The Balaban J connectivity index is 1.73. The van der Waals surface area contributed by atoms with Gasteiger partial charge < -0.3 is 25.3 Å². The lowest BCUT2D eigenvalue weighted by Gasteiger charge is -2.42. The topological polar surface area (TPSA) is 138 Å². The average molecular weight is 743 g/mol. The number of anilines is 2. The maximum absolute atomic E-state index is 17.1. The van der Waals surface area contributed by atoms with Crippen LogP contribution in [0.5, 0.6) is 5.88 Å². The molecule has 2 unspecified atom stereocenters. The Kier molecular flexibility index (Phi) is 12.0. The van der Waals surface area contributed by atoms with Crippen molar-refractivity contribution < 1.29 is 35.9 Å². The number of nitrogens with two attached hydrogens (primary N) is 2. The highest BCUT2D eigenvalue weighted by Crippen LogP contribution is 2.48. The molecule has 3 atom stereocenters. The van der Waals surface area contributed by atoms with E-state index in [1.165, 1.54) is 23.2 Å². The van der Waals surface area contributed by atoms with Crippen LogP contribution in [0.3, 0.4) is 0 Å². The molecule has 282 valence electrons. The molecule has 3 heterocycles. The summed E-state index contributed by atoms with van der Waals surface area (Å²) < 4.78 is 95.7. The van der Waals surface area contributed by atoms with Crippen LogP contribution in [0.4, 0.5) is 37.7 Å². The van der Waals surface area contributed by atoms with Crippen LogP contribution >= 0.6 is 0 Å². The van der Waals surface area contributed by atoms with Crippen LogP contribution < -0.4 is 21.3 Å². The number of carbonyl (C=O) groups is 1. The van der Waals surface area contributed by atoms with Gasteiger partial charge in [0.1, 0.15) is 29.8 Å². The summed E-state index contributed by atoms with van der Waals surface area (Å²) in [5, 5.41) is 10.2. The first-order valence-corrected chi connectivity index (χ1v) is 17.1. The number of aromatic nitrogens is 2. The van der Waals surface area contributed by atoms with Gasteiger partial charge in [0.2, 0.25) is 11.8 Å². The van der Waals surface area contributed by atoms with Crippen LogP contribution in [0.2, 0.25) is 0 Å². The fourth-order valence-corrected chi connectivity index (χ4v) is 6.97. The summed E-state index contributed by atoms with van der Waals surface area (Å²) in [4.78, 5) is 24.6. The van der Waals surface area contributed by atoms with Crippen molar-refractivity contribution in [1.29, 1.82) is 5.26 Å². The monoisotopic (exact) mass is 742 g/mol. The molecule has 4 aromatic rings. The molecule has 2 aromatic heterocycles. The third-order valence-electron chi connectivity index (χ3n) is 9.27. The molecule has 2 aromatic carbocycles. The van der Waals surface area contributed by atoms with Crippen molar-refractivity contribution in [2.24, 2.45) is 5.84 Å². The summed E-state index contributed by atoms with van der Waals surface area (Å²) in [6, 6.07) is 6.06. The smallest absolute Gasteiger partial charge is 0.417 e. The van der Waals surface area contributed by atoms with Gasteiger partial charge in [-0.05, 0) is 76.2 Å². The Morgan fingerprint density at radius 3 is 2.66 bits per heavy atom. The molecule has 1 aliphatic heterocycles. The molecule has 10 nitrogen and oxygen atoms in total. The van der Waals surface area contributed by atoms with Crippen LogP contribution in [0.1, 0.15) is 45.1 Å². The Morgan fingerprint density at radius 2 is 1.98 bits per heavy atom. The number of hydrazine groups is 1. The van der Waals surface area contributed by atoms with Gasteiger partial charge in [0.15, 0.2) is 5.82 Å². The van der Waals surface area contributed by atoms with Crippen molar-refractivity contribution in [1.82, 2.24) is 19.8 Å². The number of carbonyl (C=O) groups excluding carboxylic acids is 1. The van der Waals surface area contributed by atoms with Gasteiger partial charge in [-0.3, -0.25) is 9.78 Å². The number of rotatable bonds is 12. The SMILES string of the molecule is CCCN(C)CC(C)Oc1nc2c(F)c(-c3ccc(F)c4cccnc34)c(C(F)(F)F)cc2c(N(N)C2CCN(C(=O)/C=C/CF)[C@H](CC#N)C2)c1N. The molecule has 0 bridgehead atoms. The number of nitrogens with zero attached hydrogens (tertiary/aromatic N) is 6. The van der Waals surface area contributed by atoms with E-state index in [-0.39, 0.29) is 64.9 Å². The maximum atomic E-state index is 17.1. The maximum Gasteiger partial charge on any atom is 0.417 e. The molecule has 0 saturated carbocycles. The van der Waals surface area contributed by atoms with Crippen molar-refractivity contribution >= 4 is 39.1 Å². The van der Waals surface area contributed by atoms with Gasteiger partial charge in [0.25, 0.3) is 0 Å². The molecule has 5 rings (SSSR count). The van der Waals surface area contributed by atoms with E-state index < -0.39 is 65.2 Å². The number of nitrogen functional groups attached to an aromatic ring is 1. The number of likely N-dealkylation sites (tertiary alicyclic amines) is 1. The number of allylic oxidation sites excluding steroid dienone is 1. The van der Waals surface area contributed by atoms with Crippen LogP contribution in [-0.4, -0.2) is 77.2 Å². The van der Waals surface area contributed by atoms with E-state index in [2.05, 4.69) is 9.97 Å². The zero-order valence-electron chi connectivity index (χ0n) is 29.4. The summed E-state index contributed by atoms with van der Waals surface area (Å²) in [6.07, 6.45) is -1.31. The second kappa shape index (κ2) is 16.3. The van der Waals surface area contributed by atoms with Crippen LogP contribution in [-0.2, 0) is 11.0 Å². The van der Waals surface area contributed by atoms with E-state index in [4.69, 9.17) is 16.3 Å². The fourth-order valence-electron chi connectivity index (χ4n) is 6.97. The van der Waals surface area contributed by atoms with E-state index in [1.807, 2.05) is 24.9 Å². The summed E-state index contributed by atoms with van der Waals surface area (Å²) in [5.74, 6) is 3.80. The van der Waals surface area contributed by atoms with Gasteiger partial charge in [0.05, 0.1) is 29.3 Å². The summed E-state index contributed by atoms with van der Waals surface area (Å²) in [7, 11) is 1.88. The standard InChI is InChI=1S/C37H40F6N8O2/c1-4-16-49(3)20-21(2)53-36-32(45)35(51(46)23-12-17-50(22(18-23)11-14-44)29(52)8-5-13-38)26-19-27(37(41,42)43)30(31(40)34(26)48-36)25-9-10-28(39)24-7-6-15-47-33(24)25/h5-10,15,19,21-23H,4,11-13,16-18,20,45-46H2,1-3H3/b8-5+/t21?,22-,23?/m1/s1. The van der Waals surface area contributed by atoms with Gasteiger partial charge >= 0.3 is 6.18 Å². The van der Waals surface area contributed by atoms with Crippen molar-refractivity contribution in [3.63, 3.8) is 0 Å². The fraction of sp³-hybridized carbons (Fsp3) is 0.405. The second-order valence-electron chi connectivity index (χ2n) is 13.1. The van der Waals surface area contributed by atoms with Gasteiger partial charge in [0, 0.05) is 59.3 Å². The van der Waals surface area contributed by atoms with Gasteiger partial charge in [-0.1, -0.05) is 6.92 Å². The molecule has 0 spiro atoms. The highest BCUT2D eigenvalue weighted by atomic mass is 19.4. The van der Waals surface area contributed by atoms with Crippen molar-refractivity contribution in [3.8, 4) is 23.1 Å². The Hall–Kier alpha value is -5.14. The summed E-state index contributed by atoms with van der Waals surface area (Å²) in [5.41, 5.74) is 2.84. The molecule has 1 saturated heterocycles. The van der Waals surface area contributed by atoms with Crippen molar-refractivity contribution in [3.05, 3.63) is 65.9 Å². The zero-order valence-corrected chi connectivity index (χ0v) is 29.4. The Bertz CT molecular complexity index is 2050. The number of hydrogen-bond acceptors (Lipinski definition) is 9. The third-order valence-corrected chi connectivity index (χ3v) is 9.27. The van der Waals surface area contributed by atoms with Gasteiger partial charge in [-0.2, -0.15) is 18.4 Å². The van der Waals surface area contributed by atoms with E-state index in [1.54, 1.807) is 6.92 Å². The van der Waals surface area contributed by atoms with Crippen LogP contribution in [0, 0.1) is 23.0 Å². The van der Waals surface area contributed by atoms with E-state index >= 15 is 17.6 Å². The highest BCUT2D eigenvalue weighted by Gasteiger charge is 2.40. The number of amides is 1. The molecule has 16 heteroatoms. The molecular formula is C37H40F6N8O2. The molecule has 1 amide bonds. The lowest BCUT2D eigenvalue weighted by atomic mass is 9.92. The Labute approximate surface area is 302 Å². The van der Waals surface area contributed by atoms with Crippen molar-refractivity contribution in [2.45, 2.75) is 63.9 Å². The first kappa shape index (κ1) is 39.1. The molecule has 1 fully saturated rings. The second-order valence-corrected chi connectivity index (χ2v) is 13.1. The quantitative estimate of drug-likeness (QED) is 0.0686. The average Bonchev–Trinajstić information content (AvgIpc) is 3.11. The number of fused-ring (bicyclic) bond motifs is 2. The summed E-state index contributed by atoms with van der Waals surface area (Å²) >= 11 is 0. The lowest BCUT2D eigenvalue weighted by molar-refractivity contribution is -0.137. The number of hydrogen-bond donors (Lipinski definition) is 2. The third kappa shape index (κ3) is 8.11. The molecular weight excluding hydrogens is 702 g/mol. The van der Waals surface area contributed by atoms with E-state index in [0.29, 0.717) is 12.6 Å². The van der Waals surface area contributed by atoms with Gasteiger partial charge in [-0.25, -0.2) is 24.0 Å². The first-order valence-electron chi connectivity index (χ1n) is 17.1. The molecule has 1 aliphatic rings. The number of pyridine rings is 2. The lowest BCUT2D eigenvalue weighted by Crippen LogP contribution is -2.54. The van der Waals surface area contributed by atoms with E-state index in [9.17, 15) is 18.8 Å². The largest absolute Gasteiger partial charge is 0.472 e. The first-order chi connectivity index (χ1) is 25.2. The minimum absolute atomic E-state index is 0.0736. The molecule has 0 aliphatic carbocycles. The number of benzene rings is 2. The minimum Gasteiger partial charge on any atom is -0.472 e. The van der Waals surface area contributed by atoms with Gasteiger partial charge in [-0.15, -0.1) is 0 Å². The number of halogens is 6. The number of piperidine rings is 1. The number of likely N-dealkylation sites (N-methyl/N-ethyl adjacent to an activating group) is 1. The number of ether oxygens (including phenoxy) is 1. The molecule has 4 N–H and O–H groups in total. The predicted molar refractivity (Wildman–Crippen MR) is 190 cm³/mol.